The smallest absolute Gasteiger partial charge is 0.311 e. The second-order valence-electron chi connectivity index (χ2n) is 4.55. The Balaban J connectivity index is 2.13. The van der Waals surface area contributed by atoms with E-state index < -0.39 is 11.4 Å². The lowest BCUT2D eigenvalue weighted by atomic mass is 9.82. The number of piperidine rings is 1. The molecule has 1 aromatic rings. The lowest BCUT2D eigenvalue weighted by Gasteiger charge is -2.37. The molecule has 0 spiro atoms. The summed E-state index contributed by atoms with van der Waals surface area (Å²) in [5.74, 6) is -1.14. The highest BCUT2D eigenvalue weighted by Gasteiger charge is 2.39. The van der Waals surface area contributed by atoms with Crippen molar-refractivity contribution >= 4 is 11.9 Å². The molecular formula is C10H14N4O3. The Kier molecular flexibility index (Phi) is 2.83. The van der Waals surface area contributed by atoms with Crippen LogP contribution in [0.3, 0.4) is 0 Å². The summed E-state index contributed by atoms with van der Waals surface area (Å²) in [4.78, 5) is 24.7. The zero-order valence-corrected chi connectivity index (χ0v) is 9.51. The lowest BCUT2D eigenvalue weighted by Crippen LogP contribution is -2.48. The van der Waals surface area contributed by atoms with Crippen molar-refractivity contribution in [3.8, 4) is 0 Å². The Bertz CT molecular complexity index is 431. The number of hydrogen-bond donors (Lipinski definition) is 2. The van der Waals surface area contributed by atoms with E-state index in [0.29, 0.717) is 19.4 Å². The van der Waals surface area contributed by atoms with Gasteiger partial charge in [0, 0.05) is 13.1 Å². The third-order valence-corrected chi connectivity index (χ3v) is 3.13. The fourth-order valence-electron chi connectivity index (χ4n) is 2.05. The number of aromatic nitrogens is 3. The van der Waals surface area contributed by atoms with Crippen molar-refractivity contribution in [2.75, 3.05) is 13.1 Å². The van der Waals surface area contributed by atoms with Gasteiger partial charge >= 0.3 is 5.97 Å². The van der Waals surface area contributed by atoms with E-state index in [-0.39, 0.29) is 18.1 Å². The highest BCUT2D eigenvalue weighted by Crippen LogP contribution is 2.30. The molecule has 1 atom stereocenters. The number of likely N-dealkylation sites (tertiary alicyclic amines) is 1. The molecule has 17 heavy (non-hydrogen) atoms. The van der Waals surface area contributed by atoms with Gasteiger partial charge in [-0.3, -0.25) is 9.59 Å². The first-order chi connectivity index (χ1) is 8.03. The SMILES string of the molecule is CC1(C(=O)O)CCCN(C(=O)c2cn[nH]n2)C1. The maximum Gasteiger partial charge on any atom is 0.311 e. The van der Waals surface area contributed by atoms with Crippen molar-refractivity contribution in [1.29, 1.82) is 0 Å². The van der Waals surface area contributed by atoms with Crippen molar-refractivity contribution in [2.45, 2.75) is 19.8 Å². The molecule has 1 fully saturated rings. The quantitative estimate of drug-likeness (QED) is 0.763. The van der Waals surface area contributed by atoms with Crippen LogP contribution in [0.5, 0.6) is 0 Å². The van der Waals surface area contributed by atoms with Crippen LogP contribution in [-0.4, -0.2) is 50.4 Å². The van der Waals surface area contributed by atoms with Crippen LogP contribution >= 0.6 is 0 Å². The molecule has 0 radical (unpaired) electrons. The summed E-state index contributed by atoms with van der Waals surface area (Å²) in [7, 11) is 0. The van der Waals surface area contributed by atoms with Crippen LogP contribution in [0.2, 0.25) is 0 Å². The van der Waals surface area contributed by atoms with Crippen molar-refractivity contribution in [3.63, 3.8) is 0 Å². The Hall–Kier alpha value is -1.92. The molecule has 7 nitrogen and oxygen atoms in total. The zero-order valence-electron chi connectivity index (χ0n) is 9.51. The minimum Gasteiger partial charge on any atom is -0.481 e. The van der Waals surface area contributed by atoms with Gasteiger partial charge in [0.05, 0.1) is 11.6 Å². The second kappa shape index (κ2) is 4.15. The highest BCUT2D eigenvalue weighted by molar-refractivity contribution is 5.92. The van der Waals surface area contributed by atoms with Crippen molar-refractivity contribution in [3.05, 3.63) is 11.9 Å². The minimum atomic E-state index is -0.866. The van der Waals surface area contributed by atoms with Gasteiger partial charge in [-0.2, -0.15) is 15.4 Å². The number of carboxylic acid groups (broad SMARTS) is 1. The molecular weight excluding hydrogens is 224 g/mol. The normalized spacial score (nSPS) is 24.6. The highest BCUT2D eigenvalue weighted by atomic mass is 16.4. The van der Waals surface area contributed by atoms with Crippen LogP contribution in [0.15, 0.2) is 6.20 Å². The van der Waals surface area contributed by atoms with Gasteiger partial charge in [0.2, 0.25) is 0 Å². The zero-order chi connectivity index (χ0) is 12.5. The maximum absolute atomic E-state index is 12.0. The van der Waals surface area contributed by atoms with Crippen LogP contribution in [-0.2, 0) is 4.79 Å². The van der Waals surface area contributed by atoms with E-state index in [1.54, 1.807) is 6.92 Å². The average molecular weight is 238 g/mol. The summed E-state index contributed by atoms with van der Waals surface area (Å²) < 4.78 is 0. The van der Waals surface area contributed by atoms with Gasteiger partial charge in [0.25, 0.3) is 5.91 Å². The van der Waals surface area contributed by atoms with Crippen LogP contribution in [0.4, 0.5) is 0 Å². The van der Waals surface area contributed by atoms with E-state index in [9.17, 15) is 9.59 Å². The number of hydrogen-bond acceptors (Lipinski definition) is 4. The first kappa shape index (κ1) is 11.6. The Morgan fingerprint density at radius 3 is 2.94 bits per heavy atom. The Morgan fingerprint density at radius 1 is 1.59 bits per heavy atom. The predicted molar refractivity (Wildman–Crippen MR) is 57.3 cm³/mol. The van der Waals surface area contributed by atoms with Gasteiger partial charge in [0.1, 0.15) is 0 Å². The molecule has 2 rings (SSSR count). The molecule has 1 amide bonds. The largest absolute Gasteiger partial charge is 0.481 e. The van der Waals surface area contributed by atoms with E-state index in [0.717, 1.165) is 0 Å². The Labute approximate surface area is 97.8 Å². The summed E-state index contributed by atoms with van der Waals surface area (Å²) in [6.45, 7) is 2.44. The number of aliphatic carboxylic acids is 1. The van der Waals surface area contributed by atoms with Gasteiger partial charge in [-0.25, -0.2) is 0 Å². The van der Waals surface area contributed by atoms with E-state index in [1.807, 2.05) is 0 Å². The van der Waals surface area contributed by atoms with E-state index in [1.165, 1.54) is 11.1 Å². The van der Waals surface area contributed by atoms with Gasteiger partial charge in [-0.05, 0) is 19.8 Å². The Morgan fingerprint density at radius 2 is 2.35 bits per heavy atom. The molecule has 1 aliphatic heterocycles. The van der Waals surface area contributed by atoms with Gasteiger partial charge in [0.15, 0.2) is 5.69 Å². The molecule has 0 aliphatic carbocycles. The molecule has 2 heterocycles. The number of rotatable bonds is 2. The third kappa shape index (κ3) is 2.13. The van der Waals surface area contributed by atoms with Gasteiger partial charge < -0.3 is 10.0 Å². The van der Waals surface area contributed by atoms with Crippen LogP contribution in [0.25, 0.3) is 0 Å². The molecule has 0 saturated carbocycles. The van der Waals surface area contributed by atoms with Crippen molar-refractivity contribution in [2.24, 2.45) is 5.41 Å². The van der Waals surface area contributed by atoms with Gasteiger partial charge in [-0.1, -0.05) is 0 Å². The van der Waals surface area contributed by atoms with E-state index in [2.05, 4.69) is 15.4 Å². The first-order valence-electron chi connectivity index (χ1n) is 5.41. The number of nitrogens with one attached hydrogen (secondary N) is 1. The summed E-state index contributed by atoms with van der Waals surface area (Å²) in [6, 6.07) is 0. The molecule has 0 aromatic carbocycles. The molecule has 1 saturated heterocycles. The van der Waals surface area contributed by atoms with Gasteiger partial charge in [-0.15, -0.1) is 0 Å². The van der Waals surface area contributed by atoms with Crippen LogP contribution in [0, 0.1) is 5.41 Å². The van der Waals surface area contributed by atoms with E-state index >= 15 is 0 Å². The molecule has 7 heteroatoms. The fourth-order valence-corrected chi connectivity index (χ4v) is 2.05. The van der Waals surface area contributed by atoms with Crippen LogP contribution < -0.4 is 0 Å². The number of carbonyl (C=O) groups excluding carboxylic acids is 1. The summed E-state index contributed by atoms with van der Waals surface area (Å²) in [5, 5.41) is 18.8. The number of nitrogens with zero attached hydrogens (tertiary/aromatic N) is 3. The average Bonchev–Trinajstić information content (AvgIpc) is 2.81. The number of aromatic amines is 1. The molecule has 1 unspecified atom stereocenters. The second-order valence-corrected chi connectivity index (χ2v) is 4.55. The van der Waals surface area contributed by atoms with Crippen molar-refractivity contribution in [1.82, 2.24) is 20.3 Å². The summed E-state index contributed by atoms with van der Waals surface area (Å²) >= 11 is 0. The van der Waals surface area contributed by atoms with E-state index in [4.69, 9.17) is 5.11 Å². The first-order valence-corrected chi connectivity index (χ1v) is 5.41. The maximum atomic E-state index is 12.0. The fraction of sp³-hybridized carbons (Fsp3) is 0.600. The number of carbonyl (C=O) groups is 2. The standard InChI is InChI=1S/C10H14N4O3/c1-10(9(16)17)3-2-4-14(6-10)8(15)7-5-11-13-12-7/h5H,2-4,6H2,1H3,(H,16,17)(H,11,12,13). The molecule has 1 aromatic heterocycles. The number of carboxylic acids is 1. The predicted octanol–water partition coefficient (Wildman–Crippen LogP) is 0.132. The number of amides is 1. The molecule has 92 valence electrons. The topological polar surface area (TPSA) is 99.2 Å². The lowest BCUT2D eigenvalue weighted by molar-refractivity contribution is -0.150. The molecule has 0 bridgehead atoms. The summed E-state index contributed by atoms with van der Waals surface area (Å²) in [6.07, 6.45) is 2.62. The van der Waals surface area contributed by atoms with Crippen LogP contribution in [0.1, 0.15) is 30.3 Å². The number of H-pyrrole nitrogens is 1. The summed E-state index contributed by atoms with van der Waals surface area (Å²) in [5.41, 5.74) is -0.642. The van der Waals surface area contributed by atoms with Crippen molar-refractivity contribution < 1.29 is 14.7 Å². The molecule has 1 aliphatic rings. The molecule has 2 N–H and O–H groups in total. The minimum absolute atomic E-state index is 0.216. The monoisotopic (exact) mass is 238 g/mol. The third-order valence-electron chi connectivity index (χ3n) is 3.13.